The molecule has 0 aliphatic heterocycles. The highest BCUT2D eigenvalue weighted by atomic mass is 16.6. The summed E-state index contributed by atoms with van der Waals surface area (Å²) in [5, 5.41) is 10.8. The molecule has 0 saturated heterocycles. The monoisotopic (exact) mass is 331 g/mol. The molecule has 0 spiro atoms. The van der Waals surface area contributed by atoms with Crippen molar-refractivity contribution in [3.05, 3.63) is 46.4 Å². The van der Waals surface area contributed by atoms with Crippen LogP contribution in [-0.4, -0.2) is 38.8 Å². The number of hydrogen-bond acceptors (Lipinski definition) is 5. The third-order valence-corrected chi connectivity index (χ3v) is 3.63. The molecule has 24 heavy (non-hydrogen) atoms. The van der Waals surface area contributed by atoms with Crippen LogP contribution in [0.1, 0.15) is 19.7 Å². The number of nitro groups is 1. The molecule has 128 valence electrons. The summed E-state index contributed by atoms with van der Waals surface area (Å²) in [5.74, 6) is 1.09. The largest absolute Gasteiger partial charge is 0.483 e. The summed E-state index contributed by atoms with van der Waals surface area (Å²) in [6, 6.07) is 7.34. The summed E-state index contributed by atoms with van der Waals surface area (Å²) in [7, 11) is 1.59. The van der Waals surface area contributed by atoms with E-state index in [1.165, 1.54) is 10.8 Å². The number of nitrogens with zero attached hydrogens (tertiary/aromatic N) is 5. The second-order valence-corrected chi connectivity index (χ2v) is 5.10. The lowest BCUT2D eigenvalue weighted by Crippen LogP contribution is -2.20. The van der Waals surface area contributed by atoms with Crippen LogP contribution in [0.3, 0.4) is 0 Å². The molecule has 1 aromatic carbocycles. The Morgan fingerprint density at radius 1 is 1.33 bits per heavy atom. The molecule has 8 nitrogen and oxygen atoms in total. The van der Waals surface area contributed by atoms with Crippen molar-refractivity contribution in [2.75, 3.05) is 13.1 Å². The number of rotatable bonds is 8. The Kier molecular flexibility index (Phi) is 5.89. The second kappa shape index (κ2) is 8.09. The fourth-order valence-corrected chi connectivity index (χ4v) is 2.05. The van der Waals surface area contributed by atoms with Gasteiger partial charge in [-0.2, -0.15) is 0 Å². The maximum absolute atomic E-state index is 10.8. The first-order chi connectivity index (χ1) is 11.5. The standard InChI is InChI=1S/C16H21N5O3/c1-4-20(5-2)12-18-13-6-8-14(9-7-13)24-11-15-17-10-16(19(15)3)21(22)23/h6-10,12H,4-5,11H2,1-3H3/b18-12+. The summed E-state index contributed by atoms with van der Waals surface area (Å²) >= 11 is 0. The van der Waals surface area contributed by atoms with Gasteiger partial charge in [-0.25, -0.2) is 14.5 Å². The summed E-state index contributed by atoms with van der Waals surface area (Å²) < 4.78 is 7.03. The third-order valence-electron chi connectivity index (χ3n) is 3.63. The molecule has 2 rings (SSSR count). The van der Waals surface area contributed by atoms with Crippen LogP contribution < -0.4 is 4.74 Å². The van der Waals surface area contributed by atoms with E-state index in [1.807, 2.05) is 30.6 Å². The molecule has 0 atom stereocenters. The fraction of sp³-hybridized carbons (Fsp3) is 0.375. The van der Waals surface area contributed by atoms with Crippen molar-refractivity contribution in [1.29, 1.82) is 0 Å². The minimum Gasteiger partial charge on any atom is -0.483 e. The Labute approximate surface area is 140 Å². The molecule has 0 fully saturated rings. The molecule has 1 aromatic heterocycles. The summed E-state index contributed by atoms with van der Waals surface area (Å²) in [6.07, 6.45) is 3.05. The van der Waals surface area contributed by atoms with Gasteiger partial charge in [0.25, 0.3) is 0 Å². The van der Waals surface area contributed by atoms with Crippen molar-refractivity contribution in [2.45, 2.75) is 20.5 Å². The van der Waals surface area contributed by atoms with Crippen LogP contribution in [0.25, 0.3) is 0 Å². The Hall–Kier alpha value is -2.90. The van der Waals surface area contributed by atoms with Crippen molar-refractivity contribution in [3.63, 3.8) is 0 Å². The zero-order valence-electron chi connectivity index (χ0n) is 14.0. The molecular formula is C16H21N5O3. The lowest BCUT2D eigenvalue weighted by atomic mass is 10.3. The van der Waals surface area contributed by atoms with E-state index in [0.717, 1.165) is 18.8 Å². The Bertz CT molecular complexity index is 705. The molecule has 2 aromatic rings. The number of benzene rings is 1. The number of aromatic nitrogens is 2. The van der Waals surface area contributed by atoms with Gasteiger partial charge >= 0.3 is 5.82 Å². The van der Waals surface area contributed by atoms with E-state index in [-0.39, 0.29) is 12.4 Å². The van der Waals surface area contributed by atoms with E-state index in [4.69, 9.17) is 4.74 Å². The van der Waals surface area contributed by atoms with Crippen LogP contribution in [0.4, 0.5) is 11.5 Å². The molecule has 0 aliphatic rings. The molecule has 0 saturated carbocycles. The first-order valence-electron chi connectivity index (χ1n) is 7.71. The van der Waals surface area contributed by atoms with Gasteiger partial charge in [-0.15, -0.1) is 0 Å². The number of ether oxygens (including phenoxy) is 1. The van der Waals surface area contributed by atoms with Crippen LogP contribution in [0.2, 0.25) is 0 Å². The second-order valence-electron chi connectivity index (χ2n) is 5.10. The normalized spacial score (nSPS) is 11.0. The van der Waals surface area contributed by atoms with Gasteiger partial charge in [0.05, 0.1) is 19.1 Å². The van der Waals surface area contributed by atoms with Gasteiger partial charge in [0.15, 0.2) is 6.61 Å². The van der Waals surface area contributed by atoms with Gasteiger partial charge in [0.2, 0.25) is 5.82 Å². The highest BCUT2D eigenvalue weighted by Crippen LogP contribution is 2.19. The lowest BCUT2D eigenvalue weighted by molar-refractivity contribution is -0.391. The highest BCUT2D eigenvalue weighted by Gasteiger charge is 2.16. The molecule has 0 amide bonds. The smallest absolute Gasteiger partial charge is 0.342 e. The zero-order chi connectivity index (χ0) is 17.5. The van der Waals surface area contributed by atoms with E-state index in [1.54, 1.807) is 7.05 Å². The van der Waals surface area contributed by atoms with Crippen LogP contribution in [0.15, 0.2) is 35.5 Å². The minimum absolute atomic E-state index is 0.0605. The zero-order valence-corrected chi connectivity index (χ0v) is 14.0. The predicted octanol–water partition coefficient (Wildman–Crippen LogP) is 2.91. The van der Waals surface area contributed by atoms with Crippen molar-refractivity contribution in [2.24, 2.45) is 12.0 Å². The molecule has 0 radical (unpaired) electrons. The fourth-order valence-electron chi connectivity index (χ4n) is 2.05. The van der Waals surface area contributed by atoms with Crippen molar-refractivity contribution in [3.8, 4) is 5.75 Å². The molecular weight excluding hydrogens is 310 g/mol. The number of aliphatic imine (C=N–C) groups is 1. The van der Waals surface area contributed by atoms with Crippen LogP contribution in [-0.2, 0) is 13.7 Å². The van der Waals surface area contributed by atoms with Crippen LogP contribution >= 0.6 is 0 Å². The summed E-state index contributed by atoms with van der Waals surface area (Å²) in [5.41, 5.74) is 0.835. The van der Waals surface area contributed by atoms with Crippen LogP contribution in [0, 0.1) is 10.1 Å². The molecule has 0 aliphatic carbocycles. The van der Waals surface area contributed by atoms with E-state index in [9.17, 15) is 10.1 Å². The third kappa shape index (κ3) is 4.31. The van der Waals surface area contributed by atoms with Gasteiger partial charge in [-0.05, 0) is 43.0 Å². The highest BCUT2D eigenvalue weighted by molar-refractivity contribution is 5.61. The van der Waals surface area contributed by atoms with Gasteiger partial charge in [-0.1, -0.05) is 0 Å². The lowest BCUT2D eigenvalue weighted by Gasteiger charge is -2.13. The first kappa shape index (κ1) is 17.5. The van der Waals surface area contributed by atoms with Gasteiger partial charge in [0, 0.05) is 13.1 Å². The average Bonchev–Trinajstić information content (AvgIpc) is 2.96. The number of hydrogen-bond donors (Lipinski definition) is 0. The van der Waals surface area contributed by atoms with E-state index >= 15 is 0 Å². The van der Waals surface area contributed by atoms with Gasteiger partial charge < -0.3 is 19.8 Å². The van der Waals surface area contributed by atoms with Crippen molar-refractivity contribution < 1.29 is 9.66 Å². The predicted molar refractivity (Wildman–Crippen MR) is 91.7 cm³/mol. The Balaban J connectivity index is 1.96. The van der Waals surface area contributed by atoms with Crippen molar-refractivity contribution >= 4 is 17.8 Å². The summed E-state index contributed by atoms with van der Waals surface area (Å²) in [4.78, 5) is 20.8. The van der Waals surface area contributed by atoms with E-state index in [0.29, 0.717) is 11.6 Å². The molecule has 8 heteroatoms. The Morgan fingerprint density at radius 2 is 2.00 bits per heavy atom. The number of imidazole rings is 1. The maximum atomic E-state index is 10.8. The molecule has 0 N–H and O–H groups in total. The minimum atomic E-state index is -0.473. The Morgan fingerprint density at radius 3 is 2.54 bits per heavy atom. The quantitative estimate of drug-likeness (QED) is 0.321. The van der Waals surface area contributed by atoms with Crippen LogP contribution in [0.5, 0.6) is 5.75 Å². The first-order valence-corrected chi connectivity index (χ1v) is 7.71. The average molecular weight is 331 g/mol. The van der Waals surface area contributed by atoms with E-state index < -0.39 is 4.92 Å². The molecule has 0 unspecified atom stereocenters. The molecule has 1 heterocycles. The van der Waals surface area contributed by atoms with E-state index in [2.05, 4.69) is 28.7 Å². The van der Waals surface area contributed by atoms with Gasteiger partial charge in [0.1, 0.15) is 11.9 Å². The summed E-state index contributed by atoms with van der Waals surface area (Å²) in [6.45, 7) is 6.14. The maximum Gasteiger partial charge on any atom is 0.342 e. The molecule has 0 bridgehead atoms. The topological polar surface area (TPSA) is 85.8 Å². The van der Waals surface area contributed by atoms with Gasteiger partial charge in [-0.3, -0.25) is 0 Å². The SMILES string of the molecule is CCN(/C=N/c1ccc(OCc2ncc([N+](=O)[O-])n2C)cc1)CC. The van der Waals surface area contributed by atoms with Crippen molar-refractivity contribution in [1.82, 2.24) is 14.5 Å².